The van der Waals surface area contributed by atoms with E-state index in [4.69, 9.17) is 0 Å². The standard InChI is InChI=1S/C10H12N6O2/c1-8-4-12-10(13-5-8)11-2-3-15-7-9(6-14-15)16(17)18/h4-7H,2-3H2,1H3,(H,11,12,13). The van der Waals surface area contributed by atoms with Crippen LogP contribution in [0.25, 0.3) is 0 Å². The molecule has 18 heavy (non-hydrogen) atoms. The average Bonchev–Trinajstić information content (AvgIpc) is 2.81. The van der Waals surface area contributed by atoms with Crippen LogP contribution in [-0.2, 0) is 6.54 Å². The molecule has 2 aromatic heterocycles. The molecule has 0 spiro atoms. The summed E-state index contributed by atoms with van der Waals surface area (Å²) < 4.78 is 1.50. The van der Waals surface area contributed by atoms with Crippen LogP contribution in [-0.4, -0.2) is 31.2 Å². The Morgan fingerprint density at radius 1 is 1.39 bits per heavy atom. The van der Waals surface area contributed by atoms with Gasteiger partial charge >= 0.3 is 5.69 Å². The topological polar surface area (TPSA) is 98.8 Å². The molecular weight excluding hydrogens is 236 g/mol. The van der Waals surface area contributed by atoms with Crippen molar-refractivity contribution < 1.29 is 4.92 Å². The normalized spacial score (nSPS) is 10.3. The zero-order chi connectivity index (χ0) is 13.0. The van der Waals surface area contributed by atoms with Crippen LogP contribution < -0.4 is 5.32 Å². The van der Waals surface area contributed by atoms with Crippen molar-refractivity contribution in [1.82, 2.24) is 19.7 Å². The second kappa shape index (κ2) is 5.21. The summed E-state index contributed by atoms with van der Waals surface area (Å²) in [6, 6.07) is 0. The number of nitrogens with one attached hydrogen (secondary N) is 1. The smallest absolute Gasteiger partial charge is 0.306 e. The summed E-state index contributed by atoms with van der Waals surface area (Å²) >= 11 is 0. The lowest BCUT2D eigenvalue weighted by Gasteiger charge is -2.04. The third kappa shape index (κ3) is 3.00. The Morgan fingerprint density at radius 2 is 2.11 bits per heavy atom. The summed E-state index contributed by atoms with van der Waals surface area (Å²) in [5, 5.41) is 17.3. The molecule has 1 N–H and O–H groups in total. The first-order valence-electron chi connectivity index (χ1n) is 5.34. The van der Waals surface area contributed by atoms with Crippen LogP contribution in [0.1, 0.15) is 5.56 Å². The molecule has 0 aliphatic rings. The lowest BCUT2D eigenvalue weighted by Crippen LogP contribution is -2.12. The van der Waals surface area contributed by atoms with Crippen molar-refractivity contribution in [1.29, 1.82) is 0 Å². The molecule has 0 aliphatic carbocycles. The molecule has 2 heterocycles. The number of rotatable bonds is 5. The van der Waals surface area contributed by atoms with Crippen LogP contribution in [0.5, 0.6) is 0 Å². The maximum atomic E-state index is 10.5. The van der Waals surface area contributed by atoms with Gasteiger partial charge in [-0.1, -0.05) is 0 Å². The molecule has 0 bridgehead atoms. The lowest BCUT2D eigenvalue weighted by molar-refractivity contribution is -0.385. The first kappa shape index (κ1) is 12.0. The summed E-state index contributed by atoms with van der Waals surface area (Å²) in [6.45, 7) is 2.96. The number of aryl methyl sites for hydroxylation is 1. The van der Waals surface area contributed by atoms with E-state index in [1.54, 1.807) is 12.4 Å². The van der Waals surface area contributed by atoms with Gasteiger partial charge in [0.15, 0.2) is 0 Å². The van der Waals surface area contributed by atoms with E-state index in [1.807, 2.05) is 6.92 Å². The second-order valence-corrected chi connectivity index (χ2v) is 3.73. The molecule has 8 heteroatoms. The number of nitrogens with zero attached hydrogens (tertiary/aromatic N) is 5. The van der Waals surface area contributed by atoms with E-state index in [0.29, 0.717) is 19.0 Å². The van der Waals surface area contributed by atoms with Gasteiger partial charge in [-0.25, -0.2) is 9.97 Å². The van der Waals surface area contributed by atoms with Crippen molar-refractivity contribution in [3.05, 3.63) is 40.5 Å². The highest BCUT2D eigenvalue weighted by Crippen LogP contribution is 2.07. The number of hydrogen-bond acceptors (Lipinski definition) is 6. The maximum absolute atomic E-state index is 10.5. The minimum atomic E-state index is -0.472. The van der Waals surface area contributed by atoms with E-state index in [1.165, 1.54) is 17.1 Å². The highest BCUT2D eigenvalue weighted by atomic mass is 16.6. The Balaban J connectivity index is 1.84. The van der Waals surface area contributed by atoms with E-state index in [-0.39, 0.29) is 5.69 Å². The third-order valence-corrected chi connectivity index (χ3v) is 2.24. The van der Waals surface area contributed by atoms with Gasteiger partial charge in [-0.05, 0) is 12.5 Å². The van der Waals surface area contributed by atoms with Crippen LogP contribution in [0, 0.1) is 17.0 Å². The maximum Gasteiger partial charge on any atom is 0.306 e. The summed E-state index contributed by atoms with van der Waals surface area (Å²) in [5.74, 6) is 0.530. The second-order valence-electron chi connectivity index (χ2n) is 3.73. The van der Waals surface area contributed by atoms with Gasteiger partial charge in [0, 0.05) is 18.9 Å². The quantitative estimate of drug-likeness (QED) is 0.626. The monoisotopic (exact) mass is 248 g/mol. The Hall–Kier alpha value is -2.51. The minimum absolute atomic E-state index is 0.0124. The summed E-state index contributed by atoms with van der Waals surface area (Å²) in [7, 11) is 0. The summed E-state index contributed by atoms with van der Waals surface area (Å²) in [5.41, 5.74) is 0.977. The molecule has 0 amide bonds. The van der Waals surface area contributed by atoms with Crippen LogP contribution >= 0.6 is 0 Å². The third-order valence-electron chi connectivity index (χ3n) is 2.24. The number of anilines is 1. The Morgan fingerprint density at radius 3 is 2.72 bits per heavy atom. The molecule has 0 radical (unpaired) electrons. The number of hydrogen-bond donors (Lipinski definition) is 1. The number of aromatic nitrogens is 4. The predicted octanol–water partition coefficient (Wildman–Crippen LogP) is 1.00. The molecule has 0 aliphatic heterocycles. The van der Waals surface area contributed by atoms with E-state index >= 15 is 0 Å². The molecule has 0 aromatic carbocycles. The van der Waals surface area contributed by atoms with Gasteiger partial charge in [-0.15, -0.1) is 0 Å². The van der Waals surface area contributed by atoms with E-state index in [0.717, 1.165) is 5.56 Å². The van der Waals surface area contributed by atoms with Crippen molar-refractivity contribution in [3.8, 4) is 0 Å². The molecule has 0 saturated carbocycles. The van der Waals surface area contributed by atoms with Crippen molar-refractivity contribution in [2.24, 2.45) is 0 Å². The Bertz CT molecular complexity index is 536. The molecule has 8 nitrogen and oxygen atoms in total. The SMILES string of the molecule is Cc1cnc(NCCn2cc([N+](=O)[O-])cn2)nc1. The van der Waals surface area contributed by atoms with E-state index < -0.39 is 4.92 Å². The van der Waals surface area contributed by atoms with Crippen molar-refractivity contribution in [3.63, 3.8) is 0 Å². The molecule has 2 rings (SSSR count). The zero-order valence-electron chi connectivity index (χ0n) is 9.78. The van der Waals surface area contributed by atoms with E-state index in [2.05, 4.69) is 20.4 Å². The van der Waals surface area contributed by atoms with Crippen LogP contribution in [0.3, 0.4) is 0 Å². The average molecular weight is 248 g/mol. The summed E-state index contributed by atoms with van der Waals surface area (Å²) in [6.07, 6.45) is 6.04. The molecule has 0 atom stereocenters. The van der Waals surface area contributed by atoms with Gasteiger partial charge in [0.1, 0.15) is 12.4 Å². The predicted molar refractivity (Wildman–Crippen MR) is 64.1 cm³/mol. The first-order chi connectivity index (χ1) is 8.65. The van der Waals surface area contributed by atoms with Crippen molar-refractivity contribution >= 4 is 11.6 Å². The van der Waals surface area contributed by atoms with Crippen LogP contribution in [0.15, 0.2) is 24.8 Å². The fourth-order valence-corrected chi connectivity index (χ4v) is 1.34. The fraction of sp³-hybridized carbons (Fsp3) is 0.300. The van der Waals surface area contributed by atoms with Crippen molar-refractivity contribution in [2.75, 3.05) is 11.9 Å². The minimum Gasteiger partial charge on any atom is -0.352 e. The fourth-order valence-electron chi connectivity index (χ4n) is 1.34. The van der Waals surface area contributed by atoms with Gasteiger partial charge in [0.2, 0.25) is 5.95 Å². The highest BCUT2D eigenvalue weighted by molar-refractivity contribution is 5.24. The number of nitro groups is 1. The van der Waals surface area contributed by atoms with Gasteiger partial charge in [-0.3, -0.25) is 14.8 Å². The molecular formula is C10H12N6O2. The van der Waals surface area contributed by atoms with Crippen molar-refractivity contribution in [2.45, 2.75) is 13.5 Å². The molecule has 94 valence electrons. The van der Waals surface area contributed by atoms with Gasteiger partial charge < -0.3 is 5.32 Å². The highest BCUT2D eigenvalue weighted by Gasteiger charge is 2.08. The van der Waals surface area contributed by atoms with E-state index in [9.17, 15) is 10.1 Å². The van der Waals surface area contributed by atoms with Crippen LogP contribution in [0.4, 0.5) is 11.6 Å². The molecule has 0 unspecified atom stereocenters. The molecule has 0 saturated heterocycles. The Labute approximate surface area is 103 Å². The first-order valence-corrected chi connectivity index (χ1v) is 5.34. The zero-order valence-corrected chi connectivity index (χ0v) is 9.78. The molecule has 2 aromatic rings. The molecule has 0 fully saturated rings. The van der Waals surface area contributed by atoms with Gasteiger partial charge in [0.25, 0.3) is 0 Å². The lowest BCUT2D eigenvalue weighted by atomic mass is 10.4. The van der Waals surface area contributed by atoms with Gasteiger partial charge in [-0.2, -0.15) is 5.10 Å². The Kier molecular flexibility index (Phi) is 3.46. The largest absolute Gasteiger partial charge is 0.352 e. The van der Waals surface area contributed by atoms with Gasteiger partial charge in [0.05, 0.1) is 11.5 Å². The van der Waals surface area contributed by atoms with Crippen LogP contribution in [0.2, 0.25) is 0 Å². The summed E-state index contributed by atoms with van der Waals surface area (Å²) in [4.78, 5) is 18.2.